The molecule has 1 aliphatic rings. The lowest BCUT2D eigenvalue weighted by atomic mass is 9.99. The molecule has 0 aliphatic carbocycles. The topological polar surface area (TPSA) is 52.9 Å². The Morgan fingerprint density at radius 2 is 1.81 bits per heavy atom. The number of benzene rings is 2. The Kier molecular flexibility index (Phi) is 3.27. The first kappa shape index (κ1) is 13.5. The number of nitrogens with zero attached hydrogens (tertiary/aromatic N) is 2. The highest BCUT2D eigenvalue weighted by Crippen LogP contribution is 2.34. The molecule has 1 atom stereocenters. The van der Waals surface area contributed by atoms with Crippen molar-refractivity contribution in [2.24, 2.45) is 5.10 Å². The molecule has 0 spiro atoms. The van der Waals surface area contributed by atoms with Gasteiger partial charge in [0.25, 0.3) is 5.91 Å². The summed E-state index contributed by atoms with van der Waals surface area (Å²) in [6.45, 7) is 0. The number of carbonyl (C=O) groups is 1. The van der Waals surface area contributed by atoms with E-state index < -0.39 is 17.4 Å². The molecule has 0 saturated carbocycles. The second kappa shape index (κ2) is 5.10. The maximum absolute atomic E-state index is 13.0. The molecule has 5 heteroatoms. The molecule has 106 valence electrons. The van der Waals surface area contributed by atoms with E-state index in [1.807, 2.05) is 0 Å². The molecule has 2 aromatic rings. The van der Waals surface area contributed by atoms with Gasteiger partial charge in [-0.25, -0.2) is 4.39 Å². The van der Waals surface area contributed by atoms with Crippen molar-refractivity contribution in [2.75, 3.05) is 0 Å². The summed E-state index contributed by atoms with van der Waals surface area (Å²) < 4.78 is 13.0. The molecule has 0 saturated heterocycles. The first-order valence-corrected chi connectivity index (χ1v) is 6.52. The van der Waals surface area contributed by atoms with Crippen LogP contribution in [0.15, 0.2) is 59.7 Å². The predicted octanol–water partition coefficient (Wildman–Crippen LogP) is 2.50. The molecule has 1 heterocycles. The van der Waals surface area contributed by atoms with Crippen LogP contribution in [0.4, 0.5) is 4.39 Å². The van der Waals surface area contributed by atoms with E-state index in [2.05, 4.69) is 5.10 Å². The number of hydrazone groups is 1. The Morgan fingerprint density at radius 1 is 1.14 bits per heavy atom. The van der Waals surface area contributed by atoms with E-state index in [0.717, 1.165) is 5.01 Å². The van der Waals surface area contributed by atoms with Crippen LogP contribution in [-0.2, 0) is 5.72 Å². The van der Waals surface area contributed by atoms with Gasteiger partial charge in [-0.15, -0.1) is 0 Å². The molecule has 0 fully saturated rings. The zero-order valence-electron chi connectivity index (χ0n) is 11.1. The Labute approximate surface area is 121 Å². The lowest BCUT2D eigenvalue weighted by Gasteiger charge is -2.31. The van der Waals surface area contributed by atoms with Crippen molar-refractivity contribution in [1.82, 2.24) is 5.01 Å². The molecule has 2 aromatic carbocycles. The third-order valence-corrected chi connectivity index (χ3v) is 3.44. The van der Waals surface area contributed by atoms with E-state index >= 15 is 0 Å². The molecule has 0 aromatic heterocycles. The fraction of sp³-hybridized carbons (Fsp3) is 0.125. The van der Waals surface area contributed by atoms with Crippen molar-refractivity contribution >= 4 is 12.1 Å². The molecular formula is C16H13FN2O2. The normalized spacial score (nSPS) is 20.8. The van der Waals surface area contributed by atoms with Crippen molar-refractivity contribution < 1.29 is 14.3 Å². The van der Waals surface area contributed by atoms with Gasteiger partial charge in [0.05, 0.1) is 0 Å². The summed E-state index contributed by atoms with van der Waals surface area (Å²) in [6, 6.07) is 14.0. The van der Waals surface area contributed by atoms with Crippen LogP contribution in [0.1, 0.15) is 22.3 Å². The summed E-state index contributed by atoms with van der Waals surface area (Å²) in [5, 5.41) is 15.8. The second-order valence-corrected chi connectivity index (χ2v) is 4.81. The molecule has 4 nitrogen and oxygen atoms in total. The van der Waals surface area contributed by atoms with Gasteiger partial charge in [-0.05, 0) is 24.3 Å². The Balaban J connectivity index is 1.96. The molecule has 0 bridgehead atoms. The highest BCUT2D eigenvalue weighted by Gasteiger charge is 2.42. The van der Waals surface area contributed by atoms with Crippen LogP contribution in [0.5, 0.6) is 0 Å². The second-order valence-electron chi connectivity index (χ2n) is 4.81. The average molecular weight is 284 g/mol. The number of amides is 1. The van der Waals surface area contributed by atoms with E-state index in [9.17, 15) is 14.3 Å². The third-order valence-electron chi connectivity index (χ3n) is 3.44. The molecular weight excluding hydrogens is 271 g/mol. The number of carbonyl (C=O) groups excluding carboxylic acids is 1. The van der Waals surface area contributed by atoms with Gasteiger partial charge < -0.3 is 5.11 Å². The fourth-order valence-corrected chi connectivity index (χ4v) is 2.31. The third kappa shape index (κ3) is 2.32. The number of rotatable bonds is 2. The average Bonchev–Trinajstić information content (AvgIpc) is 2.91. The maximum Gasteiger partial charge on any atom is 0.276 e. The summed E-state index contributed by atoms with van der Waals surface area (Å²) in [4.78, 5) is 12.5. The quantitative estimate of drug-likeness (QED) is 0.921. The fourth-order valence-electron chi connectivity index (χ4n) is 2.31. The van der Waals surface area contributed by atoms with E-state index in [4.69, 9.17) is 0 Å². The molecule has 21 heavy (non-hydrogen) atoms. The predicted molar refractivity (Wildman–Crippen MR) is 76.0 cm³/mol. The largest absolute Gasteiger partial charge is 0.365 e. The van der Waals surface area contributed by atoms with Crippen LogP contribution in [0, 0.1) is 5.82 Å². The van der Waals surface area contributed by atoms with E-state index in [1.54, 1.807) is 30.3 Å². The molecule has 0 unspecified atom stereocenters. The van der Waals surface area contributed by atoms with Crippen molar-refractivity contribution in [1.29, 1.82) is 0 Å². The lowest BCUT2D eigenvalue weighted by molar-refractivity contribution is -0.0764. The number of aliphatic hydroxyl groups is 1. The minimum Gasteiger partial charge on any atom is -0.365 e. The maximum atomic E-state index is 13.0. The van der Waals surface area contributed by atoms with Gasteiger partial charge in [0, 0.05) is 23.8 Å². The first-order chi connectivity index (χ1) is 10.1. The summed E-state index contributed by atoms with van der Waals surface area (Å²) in [6.07, 6.45) is 1.64. The van der Waals surface area contributed by atoms with E-state index in [-0.39, 0.29) is 6.42 Å². The van der Waals surface area contributed by atoms with E-state index in [0.29, 0.717) is 11.1 Å². The minimum atomic E-state index is -1.58. The summed E-state index contributed by atoms with van der Waals surface area (Å²) in [7, 11) is 0. The molecule has 1 aliphatic heterocycles. The van der Waals surface area contributed by atoms with Crippen LogP contribution in [-0.4, -0.2) is 22.2 Å². The van der Waals surface area contributed by atoms with E-state index in [1.165, 1.54) is 30.5 Å². The van der Waals surface area contributed by atoms with Crippen LogP contribution >= 0.6 is 0 Å². The monoisotopic (exact) mass is 284 g/mol. The Hall–Kier alpha value is -2.53. The van der Waals surface area contributed by atoms with Crippen molar-refractivity contribution in [3.8, 4) is 0 Å². The van der Waals surface area contributed by atoms with Crippen molar-refractivity contribution in [3.05, 3.63) is 71.5 Å². The first-order valence-electron chi connectivity index (χ1n) is 6.52. The standard InChI is InChI=1S/C16H13FN2O2/c17-14-8-6-13(7-9-14)16(21)10-11-18-19(16)15(20)12-4-2-1-3-5-12/h1-9,11,21H,10H2/t16-/m0/s1. The highest BCUT2D eigenvalue weighted by molar-refractivity contribution is 5.95. The summed E-state index contributed by atoms with van der Waals surface area (Å²) in [5.74, 6) is -0.807. The SMILES string of the molecule is O=C(c1ccccc1)N1N=CC[C@]1(O)c1ccc(F)cc1. The number of halogens is 1. The van der Waals surface area contributed by atoms with Gasteiger partial charge in [-0.1, -0.05) is 30.3 Å². The molecule has 0 radical (unpaired) electrons. The summed E-state index contributed by atoms with van der Waals surface area (Å²) in [5.41, 5.74) is -0.733. The van der Waals surface area contributed by atoms with Crippen molar-refractivity contribution in [3.63, 3.8) is 0 Å². The molecule has 1 N–H and O–H groups in total. The van der Waals surface area contributed by atoms with Crippen LogP contribution in [0.2, 0.25) is 0 Å². The van der Waals surface area contributed by atoms with Gasteiger partial charge in [0.1, 0.15) is 5.82 Å². The highest BCUT2D eigenvalue weighted by atomic mass is 19.1. The van der Waals surface area contributed by atoms with Crippen molar-refractivity contribution in [2.45, 2.75) is 12.1 Å². The van der Waals surface area contributed by atoms with Crippen LogP contribution in [0.3, 0.4) is 0 Å². The number of hydrogen-bond acceptors (Lipinski definition) is 3. The smallest absolute Gasteiger partial charge is 0.276 e. The zero-order valence-corrected chi connectivity index (χ0v) is 11.1. The molecule has 1 amide bonds. The van der Waals surface area contributed by atoms with Gasteiger partial charge in [0.15, 0.2) is 5.72 Å². The Bertz CT molecular complexity index is 685. The zero-order chi connectivity index (χ0) is 14.9. The van der Waals surface area contributed by atoms with Crippen LogP contribution < -0.4 is 0 Å². The molecule has 3 rings (SSSR count). The Morgan fingerprint density at radius 3 is 2.48 bits per heavy atom. The van der Waals surface area contributed by atoms with Gasteiger partial charge >= 0.3 is 0 Å². The van der Waals surface area contributed by atoms with Gasteiger partial charge in [-0.3, -0.25) is 4.79 Å². The van der Waals surface area contributed by atoms with Gasteiger partial charge in [0.2, 0.25) is 0 Å². The van der Waals surface area contributed by atoms with Gasteiger partial charge in [-0.2, -0.15) is 10.1 Å². The number of hydrogen-bond donors (Lipinski definition) is 1. The van der Waals surface area contributed by atoms with Crippen LogP contribution in [0.25, 0.3) is 0 Å². The summed E-state index contributed by atoms with van der Waals surface area (Å²) >= 11 is 0. The lowest BCUT2D eigenvalue weighted by Crippen LogP contribution is -2.43. The minimum absolute atomic E-state index is 0.164.